The quantitative estimate of drug-likeness (QED) is 0.617. The van der Waals surface area contributed by atoms with Gasteiger partial charge in [0.15, 0.2) is 0 Å². The maximum atomic E-state index is 11.0. The zero-order valence-electron chi connectivity index (χ0n) is 7.14. The topological polar surface area (TPSA) is 32.3 Å². The normalized spacial score (nSPS) is 9.70. The minimum Gasteiger partial charge on any atom is -0.341 e. The maximum absolute atomic E-state index is 11.0. The molecule has 0 aromatic carbocycles. The predicted molar refractivity (Wildman–Crippen MR) is 42.0 cm³/mol. The van der Waals surface area contributed by atoms with Gasteiger partial charge in [-0.25, -0.2) is 4.79 Å². The fraction of sp³-hybridized carbons (Fsp3) is 0.857. The van der Waals surface area contributed by atoms with E-state index in [-0.39, 0.29) is 12.1 Å². The Bertz CT molecular complexity index is 112. The summed E-state index contributed by atoms with van der Waals surface area (Å²) >= 11 is 0. The van der Waals surface area contributed by atoms with Crippen molar-refractivity contribution in [2.45, 2.75) is 26.8 Å². The van der Waals surface area contributed by atoms with Crippen molar-refractivity contribution in [3.63, 3.8) is 0 Å². The molecule has 0 saturated carbocycles. The van der Waals surface area contributed by atoms with Crippen LogP contribution in [0.2, 0.25) is 0 Å². The predicted octanol–water partition coefficient (Wildman–Crippen LogP) is 1.06. The first-order valence-electron chi connectivity index (χ1n) is 3.61. The highest BCUT2D eigenvalue weighted by Crippen LogP contribution is 1.96. The van der Waals surface area contributed by atoms with Crippen LogP contribution in [0.5, 0.6) is 0 Å². The van der Waals surface area contributed by atoms with Gasteiger partial charge in [0.25, 0.3) is 0 Å². The first-order chi connectivity index (χ1) is 4.63. The van der Waals surface area contributed by atoms with E-state index in [9.17, 15) is 4.79 Å². The molecule has 2 amide bonds. The van der Waals surface area contributed by atoms with Crippen molar-refractivity contribution in [3.8, 4) is 0 Å². The molecule has 0 aliphatic rings. The van der Waals surface area contributed by atoms with Gasteiger partial charge in [-0.1, -0.05) is 0 Å². The van der Waals surface area contributed by atoms with Gasteiger partial charge in [-0.2, -0.15) is 0 Å². The van der Waals surface area contributed by atoms with Crippen LogP contribution in [0.25, 0.3) is 0 Å². The summed E-state index contributed by atoms with van der Waals surface area (Å²) < 4.78 is 0. The first kappa shape index (κ1) is 9.27. The van der Waals surface area contributed by atoms with Crippen molar-refractivity contribution in [1.29, 1.82) is 0 Å². The molecule has 0 aromatic heterocycles. The van der Waals surface area contributed by atoms with E-state index in [4.69, 9.17) is 0 Å². The number of nitrogens with one attached hydrogen (secondary N) is 1. The Balaban J connectivity index is 3.93. The number of urea groups is 1. The second-order valence-electron chi connectivity index (χ2n) is 2.43. The molecule has 0 bridgehead atoms. The van der Waals surface area contributed by atoms with Crippen LogP contribution in [-0.4, -0.2) is 30.6 Å². The number of carbonyl (C=O) groups is 1. The van der Waals surface area contributed by atoms with E-state index in [1.807, 2.05) is 20.8 Å². The molecule has 0 atom stereocenters. The van der Waals surface area contributed by atoms with Crippen molar-refractivity contribution >= 4 is 6.03 Å². The highest BCUT2D eigenvalue weighted by molar-refractivity contribution is 5.73. The van der Waals surface area contributed by atoms with Gasteiger partial charge in [-0.05, 0) is 20.8 Å². The number of nitrogens with zero attached hydrogens (tertiary/aromatic N) is 1. The van der Waals surface area contributed by atoms with Crippen LogP contribution in [0.4, 0.5) is 4.79 Å². The Labute approximate surface area is 62.4 Å². The monoisotopic (exact) mass is 144 g/mol. The van der Waals surface area contributed by atoms with Crippen LogP contribution in [0.15, 0.2) is 0 Å². The minimum atomic E-state index is -0.00231. The molecule has 0 saturated heterocycles. The van der Waals surface area contributed by atoms with Gasteiger partial charge in [-0.3, -0.25) is 0 Å². The largest absolute Gasteiger partial charge is 0.341 e. The lowest BCUT2D eigenvalue weighted by Gasteiger charge is -2.24. The lowest BCUT2D eigenvalue weighted by Crippen LogP contribution is -2.42. The first-order valence-corrected chi connectivity index (χ1v) is 3.61. The molecular formula is C7H16N2O. The molecular weight excluding hydrogens is 128 g/mol. The minimum absolute atomic E-state index is 0.00231. The summed E-state index contributed by atoms with van der Waals surface area (Å²) in [5.74, 6) is 0. The van der Waals surface area contributed by atoms with E-state index in [0.717, 1.165) is 6.54 Å². The van der Waals surface area contributed by atoms with Gasteiger partial charge < -0.3 is 10.2 Å². The Morgan fingerprint density at radius 3 is 2.20 bits per heavy atom. The van der Waals surface area contributed by atoms with E-state index >= 15 is 0 Å². The SMILES string of the molecule is CCN(C(=O)NC)C(C)C. The molecule has 0 aliphatic carbocycles. The van der Waals surface area contributed by atoms with Crippen molar-refractivity contribution < 1.29 is 4.79 Å². The summed E-state index contributed by atoms with van der Waals surface area (Å²) in [6.45, 7) is 6.73. The second-order valence-corrected chi connectivity index (χ2v) is 2.43. The standard InChI is InChI=1S/C7H16N2O/c1-5-9(6(2)3)7(10)8-4/h6H,5H2,1-4H3,(H,8,10). The second kappa shape index (κ2) is 4.14. The lowest BCUT2D eigenvalue weighted by atomic mass is 10.3. The van der Waals surface area contributed by atoms with Crippen molar-refractivity contribution in [2.24, 2.45) is 0 Å². The molecule has 0 fully saturated rings. The maximum Gasteiger partial charge on any atom is 0.317 e. The van der Waals surface area contributed by atoms with Gasteiger partial charge in [0, 0.05) is 19.6 Å². The smallest absolute Gasteiger partial charge is 0.317 e. The number of amides is 2. The highest BCUT2D eigenvalue weighted by atomic mass is 16.2. The van der Waals surface area contributed by atoms with Gasteiger partial charge in [-0.15, -0.1) is 0 Å². The number of hydrogen-bond donors (Lipinski definition) is 1. The Morgan fingerprint density at radius 2 is 2.10 bits per heavy atom. The third-order valence-electron chi connectivity index (χ3n) is 1.44. The summed E-state index contributed by atoms with van der Waals surface area (Å²) in [7, 11) is 1.65. The van der Waals surface area contributed by atoms with Crippen molar-refractivity contribution in [1.82, 2.24) is 10.2 Å². The van der Waals surface area contributed by atoms with Gasteiger partial charge in [0.2, 0.25) is 0 Å². The van der Waals surface area contributed by atoms with Crippen LogP contribution in [-0.2, 0) is 0 Å². The molecule has 10 heavy (non-hydrogen) atoms. The molecule has 0 aromatic rings. The fourth-order valence-corrected chi connectivity index (χ4v) is 0.887. The number of rotatable bonds is 2. The number of carbonyl (C=O) groups excluding carboxylic acids is 1. The highest BCUT2D eigenvalue weighted by Gasteiger charge is 2.11. The third kappa shape index (κ3) is 2.25. The van der Waals surface area contributed by atoms with E-state index < -0.39 is 0 Å². The molecule has 3 heteroatoms. The number of hydrogen-bond acceptors (Lipinski definition) is 1. The molecule has 1 N–H and O–H groups in total. The van der Waals surface area contributed by atoms with Crippen LogP contribution in [0.3, 0.4) is 0 Å². The fourth-order valence-electron chi connectivity index (χ4n) is 0.887. The van der Waals surface area contributed by atoms with Gasteiger partial charge in [0.1, 0.15) is 0 Å². The van der Waals surface area contributed by atoms with E-state index in [1.54, 1.807) is 11.9 Å². The van der Waals surface area contributed by atoms with Crippen LogP contribution >= 0.6 is 0 Å². The van der Waals surface area contributed by atoms with Crippen molar-refractivity contribution in [3.05, 3.63) is 0 Å². The van der Waals surface area contributed by atoms with E-state index in [2.05, 4.69) is 5.32 Å². The Hall–Kier alpha value is -0.730. The van der Waals surface area contributed by atoms with Crippen LogP contribution < -0.4 is 5.32 Å². The zero-order chi connectivity index (χ0) is 8.15. The average Bonchev–Trinajstić information content (AvgIpc) is 1.88. The van der Waals surface area contributed by atoms with Crippen LogP contribution in [0.1, 0.15) is 20.8 Å². The van der Waals surface area contributed by atoms with Crippen LogP contribution in [0, 0.1) is 0 Å². The average molecular weight is 144 g/mol. The molecule has 0 aliphatic heterocycles. The summed E-state index contributed by atoms with van der Waals surface area (Å²) in [4.78, 5) is 12.8. The molecule has 0 heterocycles. The van der Waals surface area contributed by atoms with E-state index in [1.165, 1.54) is 0 Å². The molecule has 3 nitrogen and oxygen atoms in total. The van der Waals surface area contributed by atoms with E-state index in [0.29, 0.717) is 0 Å². The third-order valence-corrected chi connectivity index (χ3v) is 1.44. The molecule has 0 unspecified atom stereocenters. The van der Waals surface area contributed by atoms with Gasteiger partial charge in [0.05, 0.1) is 0 Å². The zero-order valence-corrected chi connectivity index (χ0v) is 7.14. The molecule has 0 radical (unpaired) electrons. The summed E-state index contributed by atoms with van der Waals surface area (Å²) in [6, 6.07) is 0.280. The van der Waals surface area contributed by atoms with Gasteiger partial charge >= 0.3 is 6.03 Å². The molecule has 0 rings (SSSR count). The molecule has 60 valence electrons. The Morgan fingerprint density at radius 1 is 1.60 bits per heavy atom. The summed E-state index contributed by atoms with van der Waals surface area (Å²) in [5.41, 5.74) is 0. The molecule has 0 spiro atoms. The Kier molecular flexibility index (Phi) is 3.84. The summed E-state index contributed by atoms with van der Waals surface area (Å²) in [5, 5.41) is 2.58. The summed E-state index contributed by atoms with van der Waals surface area (Å²) in [6.07, 6.45) is 0. The van der Waals surface area contributed by atoms with Crippen molar-refractivity contribution in [2.75, 3.05) is 13.6 Å². The lowest BCUT2D eigenvalue weighted by molar-refractivity contribution is 0.189.